The van der Waals surface area contributed by atoms with Crippen LogP contribution >= 0.6 is 0 Å². The molecule has 0 bridgehead atoms. The van der Waals surface area contributed by atoms with E-state index >= 15 is 0 Å². The largest absolute Gasteiger partial charge is 0.508 e. The lowest BCUT2D eigenvalue weighted by Gasteiger charge is -2.17. The van der Waals surface area contributed by atoms with Gasteiger partial charge in [-0.3, -0.25) is 15.5 Å². The van der Waals surface area contributed by atoms with Crippen LogP contribution in [-0.4, -0.2) is 35.0 Å². The zero-order valence-electron chi connectivity index (χ0n) is 8.90. The van der Waals surface area contributed by atoms with E-state index in [2.05, 4.69) is 5.32 Å². The molecule has 1 unspecified atom stereocenters. The van der Waals surface area contributed by atoms with E-state index in [0.29, 0.717) is 6.42 Å². The first-order valence-corrected chi connectivity index (χ1v) is 4.98. The van der Waals surface area contributed by atoms with E-state index in [1.54, 1.807) is 36.2 Å². The van der Waals surface area contributed by atoms with Crippen LogP contribution in [0.3, 0.4) is 0 Å². The Morgan fingerprint density at radius 2 is 2.06 bits per heavy atom. The minimum Gasteiger partial charge on any atom is -0.508 e. The summed E-state index contributed by atoms with van der Waals surface area (Å²) in [5.74, 6) is 0.190. The number of carbonyl (C=O) groups excluding carboxylic acids is 1. The van der Waals surface area contributed by atoms with Crippen molar-refractivity contribution in [3.63, 3.8) is 0 Å². The van der Waals surface area contributed by atoms with Crippen molar-refractivity contribution in [1.82, 2.24) is 10.2 Å². The topological polar surface area (TPSA) is 76.4 Å². The van der Waals surface area contributed by atoms with Gasteiger partial charge in [0.15, 0.2) is 5.96 Å². The molecule has 5 nitrogen and oxygen atoms in total. The highest BCUT2D eigenvalue weighted by Gasteiger charge is 2.32. The van der Waals surface area contributed by atoms with E-state index in [4.69, 9.17) is 10.5 Å². The van der Waals surface area contributed by atoms with E-state index in [1.807, 2.05) is 0 Å². The SMILES string of the molecule is CN1C(=N)NC(=O)C1Cc1ccc(O)cc1. The number of guanidine groups is 1. The molecule has 1 atom stereocenters. The summed E-state index contributed by atoms with van der Waals surface area (Å²) in [4.78, 5) is 13.1. The van der Waals surface area contributed by atoms with Gasteiger partial charge in [-0.15, -0.1) is 0 Å². The van der Waals surface area contributed by atoms with Gasteiger partial charge in [0.2, 0.25) is 5.91 Å². The van der Waals surface area contributed by atoms with E-state index in [0.717, 1.165) is 5.56 Å². The number of nitrogens with one attached hydrogen (secondary N) is 2. The van der Waals surface area contributed by atoms with Crippen LogP contribution in [0.15, 0.2) is 24.3 Å². The van der Waals surface area contributed by atoms with Crippen LogP contribution in [0.25, 0.3) is 0 Å². The van der Waals surface area contributed by atoms with Crippen molar-refractivity contribution >= 4 is 11.9 Å². The highest BCUT2D eigenvalue weighted by molar-refractivity contribution is 6.05. The summed E-state index contributed by atoms with van der Waals surface area (Å²) >= 11 is 0. The van der Waals surface area contributed by atoms with Gasteiger partial charge in [-0.05, 0) is 17.7 Å². The Kier molecular flexibility index (Phi) is 2.52. The van der Waals surface area contributed by atoms with Gasteiger partial charge < -0.3 is 10.0 Å². The third kappa shape index (κ3) is 1.84. The van der Waals surface area contributed by atoms with Gasteiger partial charge >= 0.3 is 0 Å². The molecule has 1 amide bonds. The van der Waals surface area contributed by atoms with Crippen LogP contribution < -0.4 is 5.32 Å². The first-order valence-electron chi connectivity index (χ1n) is 4.98. The zero-order valence-corrected chi connectivity index (χ0v) is 8.90. The molecule has 0 spiro atoms. The number of likely N-dealkylation sites (N-methyl/N-ethyl adjacent to an activating group) is 1. The zero-order chi connectivity index (χ0) is 11.7. The van der Waals surface area contributed by atoms with Gasteiger partial charge in [0, 0.05) is 13.5 Å². The molecule has 1 fully saturated rings. The maximum absolute atomic E-state index is 11.5. The molecular weight excluding hydrogens is 206 g/mol. The van der Waals surface area contributed by atoms with Gasteiger partial charge in [-0.1, -0.05) is 12.1 Å². The quantitative estimate of drug-likeness (QED) is 0.669. The molecule has 1 aliphatic heterocycles. The minimum atomic E-state index is -0.336. The van der Waals surface area contributed by atoms with Crippen molar-refractivity contribution in [2.75, 3.05) is 7.05 Å². The van der Waals surface area contributed by atoms with Crippen molar-refractivity contribution in [2.45, 2.75) is 12.5 Å². The highest BCUT2D eigenvalue weighted by Crippen LogP contribution is 2.15. The Bertz CT molecular complexity index is 427. The molecular formula is C11H13N3O2. The third-order valence-electron chi connectivity index (χ3n) is 2.73. The van der Waals surface area contributed by atoms with Gasteiger partial charge in [0.05, 0.1) is 0 Å². The number of amides is 1. The number of phenolic OH excluding ortho intramolecular Hbond substituents is 1. The van der Waals surface area contributed by atoms with Crippen molar-refractivity contribution in [2.24, 2.45) is 0 Å². The fourth-order valence-corrected chi connectivity index (χ4v) is 1.70. The fraction of sp³-hybridized carbons (Fsp3) is 0.273. The number of benzene rings is 1. The summed E-state index contributed by atoms with van der Waals surface area (Å²) in [6, 6.07) is 6.40. The summed E-state index contributed by atoms with van der Waals surface area (Å²) in [5.41, 5.74) is 0.958. The van der Waals surface area contributed by atoms with Crippen LogP contribution in [0.4, 0.5) is 0 Å². The summed E-state index contributed by atoms with van der Waals surface area (Å²) in [7, 11) is 1.71. The van der Waals surface area contributed by atoms with Crippen LogP contribution in [0.1, 0.15) is 5.56 Å². The van der Waals surface area contributed by atoms with E-state index in [-0.39, 0.29) is 23.7 Å². The number of hydrogen-bond acceptors (Lipinski definition) is 3. The van der Waals surface area contributed by atoms with Gasteiger partial charge in [0.25, 0.3) is 0 Å². The molecule has 1 aromatic carbocycles. The summed E-state index contributed by atoms with van der Waals surface area (Å²) < 4.78 is 0. The molecule has 2 rings (SSSR count). The Balaban J connectivity index is 2.13. The predicted molar refractivity (Wildman–Crippen MR) is 59.2 cm³/mol. The monoisotopic (exact) mass is 219 g/mol. The first kappa shape index (κ1) is 10.5. The van der Waals surface area contributed by atoms with Crippen LogP contribution in [0.2, 0.25) is 0 Å². The normalized spacial score (nSPS) is 20.1. The summed E-state index contributed by atoms with van der Waals surface area (Å²) in [6.07, 6.45) is 0.533. The summed E-state index contributed by atoms with van der Waals surface area (Å²) in [5, 5.41) is 19.1. The van der Waals surface area contributed by atoms with Crippen molar-refractivity contribution in [3.8, 4) is 5.75 Å². The molecule has 16 heavy (non-hydrogen) atoms. The molecule has 84 valence electrons. The second kappa shape index (κ2) is 3.84. The lowest BCUT2D eigenvalue weighted by Crippen LogP contribution is -2.33. The molecule has 0 aromatic heterocycles. The Hall–Kier alpha value is -2.04. The van der Waals surface area contributed by atoms with E-state index in [9.17, 15) is 4.79 Å². The third-order valence-corrected chi connectivity index (χ3v) is 2.73. The molecule has 5 heteroatoms. The summed E-state index contributed by atoms with van der Waals surface area (Å²) in [6.45, 7) is 0. The van der Waals surface area contributed by atoms with Crippen molar-refractivity contribution in [1.29, 1.82) is 5.41 Å². The lowest BCUT2D eigenvalue weighted by molar-refractivity contribution is -0.121. The molecule has 1 heterocycles. The Morgan fingerprint density at radius 1 is 1.44 bits per heavy atom. The minimum absolute atomic E-state index is 0.133. The van der Waals surface area contributed by atoms with Crippen molar-refractivity contribution in [3.05, 3.63) is 29.8 Å². The molecule has 1 saturated heterocycles. The molecule has 1 aliphatic rings. The molecule has 0 radical (unpaired) electrons. The average Bonchev–Trinajstić information content (AvgIpc) is 2.48. The van der Waals surface area contributed by atoms with E-state index in [1.165, 1.54) is 0 Å². The molecule has 3 N–H and O–H groups in total. The average molecular weight is 219 g/mol. The lowest BCUT2D eigenvalue weighted by atomic mass is 10.1. The smallest absolute Gasteiger partial charge is 0.249 e. The second-order valence-corrected chi connectivity index (χ2v) is 3.84. The number of rotatable bonds is 2. The van der Waals surface area contributed by atoms with Crippen LogP contribution in [0, 0.1) is 5.41 Å². The second-order valence-electron chi connectivity index (χ2n) is 3.84. The fourth-order valence-electron chi connectivity index (χ4n) is 1.70. The van der Waals surface area contributed by atoms with Crippen LogP contribution in [0.5, 0.6) is 5.75 Å². The molecule has 0 saturated carbocycles. The number of hydrogen-bond donors (Lipinski definition) is 3. The number of phenols is 1. The highest BCUT2D eigenvalue weighted by atomic mass is 16.3. The molecule has 1 aromatic rings. The maximum atomic E-state index is 11.5. The maximum Gasteiger partial charge on any atom is 0.249 e. The van der Waals surface area contributed by atoms with E-state index < -0.39 is 0 Å². The molecule has 0 aliphatic carbocycles. The number of carbonyl (C=O) groups is 1. The Labute approximate surface area is 93.2 Å². The van der Waals surface area contributed by atoms with Gasteiger partial charge in [0.1, 0.15) is 11.8 Å². The number of aromatic hydroxyl groups is 1. The standard InChI is InChI=1S/C11H13N3O2/c1-14-9(10(16)13-11(14)12)6-7-2-4-8(15)5-3-7/h2-5,9,15H,6H2,1H3,(H2,12,13,16). The van der Waals surface area contributed by atoms with Gasteiger partial charge in [-0.2, -0.15) is 0 Å². The number of nitrogens with zero attached hydrogens (tertiary/aromatic N) is 1. The first-order chi connectivity index (χ1) is 7.58. The predicted octanol–water partition coefficient (Wildman–Crippen LogP) is 0.300. The Morgan fingerprint density at radius 3 is 2.56 bits per heavy atom. The van der Waals surface area contributed by atoms with Crippen molar-refractivity contribution < 1.29 is 9.90 Å². The van der Waals surface area contributed by atoms with Crippen LogP contribution in [-0.2, 0) is 11.2 Å². The van der Waals surface area contributed by atoms with Gasteiger partial charge in [-0.25, -0.2) is 0 Å².